The third-order valence-electron chi connectivity index (χ3n) is 7.74. The molecule has 0 unspecified atom stereocenters. The third kappa shape index (κ3) is 4.16. The molecule has 0 N–H and O–H groups in total. The Labute approximate surface area is 226 Å². The molecular weight excluding hydrogens is 460 g/mol. The van der Waals surface area contributed by atoms with E-state index in [4.69, 9.17) is 0 Å². The van der Waals surface area contributed by atoms with Crippen LogP contribution in [0.3, 0.4) is 0 Å². The zero-order chi connectivity index (χ0) is 27.0. The summed E-state index contributed by atoms with van der Waals surface area (Å²) < 4.78 is 2.35. The predicted molar refractivity (Wildman–Crippen MR) is 166 cm³/mol. The van der Waals surface area contributed by atoms with Gasteiger partial charge in [0, 0.05) is 40.3 Å². The number of fused-ring (bicyclic) bond motifs is 4. The molecule has 38 heavy (non-hydrogen) atoms. The van der Waals surface area contributed by atoms with E-state index in [1.54, 1.807) is 0 Å². The zero-order valence-electron chi connectivity index (χ0n) is 23.1. The highest BCUT2D eigenvalue weighted by atomic mass is 15.1. The molecule has 6 rings (SSSR count). The second-order valence-electron chi connectivity index (χ2n) is 10.6. The van der Waals surface area contributed by atoms with Crippen LogP contribution in [0.1, 0.15) is 30.5 Å². The summed E-state index contributed by atoms with van der Waals surface area (Å²) >= 11 is 0. The number of hydrogen-bond donors (Lipinski definition) is 0. The first-order valence-corrected chi connectivity index (χ1v) is 13.2. The first kappa shape index (κ1) is 25.4. The summed E-state index contributed by atoms with van der Waals surface area (Å²) in [5, 5.41) is 2.66. The molecule has 0 atom stereocenters. The average molecular weight is 497 g/mol. The van der Waals surface area contributed by atoms with Crippen molar-refractivity contribution in [2.75, 3.05) is 11.9 Å². The molecule has 190 valence electrons. The molecule has 2 nitrogen and oxygen atoms in total. The first-order chi connectivity index (χ1) is 18.3. The van der Waals surface area contributed by atoms with Gasteiger partial charge in [0.15, 0.2) is 0 Å². The molecule has 0 bridgehead atoms. The maximum Gasteiger partial charge on any atom is 0.0541 e. The van der Waals surface area contributed by atoms with Crippen LogP contribution >= 0.6 is 0 Å². The highest BCUT2D eigenvalue weighted by Crippen LogP contribution is 2.45. The lowest BCUT2D eigenvalue weighted by molar-refractivity contribution is 0.618. The molecule has 0 saturated heterocycles. The summed E-state index contributed by atoms with van der Waals surface area (Å²) in [6.45, 7) is 16.7. The maximum absolute atomic E-state index is 3.95. The fourth-order valence-electron chi connectivity index (χ4n) is 5.78. The molecule has 0 amide bonds. The summed E-state index contributed by atoms with van der Waals surface area (Å²) in [5.41, 5.74) is 11.3. The molecule has 4 aromatic carbocycles. The Morgan fingerprint density at radius 1 is 0.684 bits per heavy atom. The van der Waals surface area contributed by atoms with E-state index in [2.05, 4.69) is 148 Å². The van der Waals surface area contributed by atoms with Crippen molar-refractivity contribution in [3.63, 3.8) is 0 Å². The summed E-state index contributed by atoms with van der Waals surface area (Å²) in [6.07, 6.45) is 3.86. The van der Waals surface area contributed by atoms with Crippen LogP contribution < -0.4 is 4.90 Å². The van der Waals surface area contributed by atoms with Crippen LogP contribution in [0.4, 0.5) is 5.69 Å². The number of para-hydroxylation sites is 2. The van der Waals surface area contributed by atoms with Gasteiger partial charge in [0.05, 0.1) is 11.0 Å². The number of nitrogens with zero attached hydrogens (tertiary/aromatic N) is 2. The van der Waals surface area contributed by atoms with Gasteiger partial charge in [-0.15, -0.1) is 0 Å². The van der Waals surface area contributed by atoms with E-state index in [0.717, 1.165) is 5.70 Å². The molecule has 2 heteroatoms. The van der Waals surface area contributed by atoms with Gasteiger partial charge in [0.2, 0.25) is 0 Å². The van der Waals surface area contributed by atoms with E-state index in [0.29, 0.717) is 0 Å². The minimum absolute atomic E-state index is 0.0195. The molecule has 1 aromatic heterocycles. The predicted octanol–water partition coefficient (Wildman–Crippen LogP) is 9.44. The maximum atomic E-state index is 3.95. The zero-order valence-corrected chi connectivity index (χ0v) is 23.1. The number of rotatable bonds is 3. The molecule has 0 spiro atoms. The molecule has 0 radical (unpaired) electrons. The standard InChI is InChI=1S/C20H17N.C16H19N/c1-14-8-10-19-17(12-14)18-13-15(2)9-11-20(18)21(19)16-6-4-3-5-7-16;1-6-12-14(7-2)17(5)15-11-9-8-10-13(15)16(12,3)4/h3-13H,1-2H3;6-11H,1-2H2,3-5H3. The topological polar surface area (TPSA) is 8.17 Å². The molecule has 1 aliphatic heterocycles. The van der Waals surface area contributed by atoms with Crippen molar-refractivity contribution < 1.29 is 0 Å². The van der Waals surface area contributed by atoms with Crippen molar-refractivity contribution in [1.82, 2.24) is 4.57 Å². The third-order valence-corrected chi connectivity index (χ3v) is 7.74. The minimum Gasteiger partial charge on any atom is -0.344 e. The van der Waals surface area contributed by atoms with Crippen molar-refractivity contribution in [3.8, 4) is 5.69 Å². The summed E-state index contributed by atoms with van der Waals surface area (Å²) in [6, 6.07) is 32.5. The SMILES string of the molecule is C=CC1=C(C=C)C(C)(C)c2ccccc2N1C.Cc1ccc2c(c1)c1cc(C)ccc1n2-c1ccccc1. The second-order valence-corrected chi connectivity index (χ2v) is 10.6. The molecular formula is C36H36N2. The Hall–Kier alpha value is -4.30. The van der Waals surface area contributed by atoms with Crippen molar-refractivity contribution in [3.05, 3.63) is 144 Å². The van der Waals surface area contributed by atoms with E-state index in [1.165, 1.54) is 55.4 Å². The van der Waals surface area contributed by atoms with Crippen LogP contribution in [0.15, 0.2) is 128 Å². The van der Waals surface area contributed by atoms with Crippen molar-refractivity contribution in [2.45, 2.75) is 33.1 Å². The van der Waals surface area contributed by atoms with Gasteiger partial charge in [0.1, 0.15) is 0 Å². The fourth-order valence-corrected chi connectivity index (χ4v) is 5.78. The Bertz CT molecular complexity index is 1640. The number of likely N-dealkylation sites (N-methyl/N-ethyl adjacent to an activating group) is 1. The molecule has 0 fully saturated rings. The average Bonchev–Trinajstić information content (AvgIpc) is 3.24. The number of benzene rings is 4. The largest absolute Gasteiger partial charge is 0.344 e. The van der Waals surface area contributed by atoms with Crippen molar-refractivity contribution in [1.29, 1.82) is 0 Å². The number of aryl methyl sites for hydroxylation is 2. The lowest BCUT2D eigenvalue weighted by Crippen LogP contribution is -2.33. The Morgan fingerprint density at radius 2 is 1.24 bits per heavy atom. The minimum atomic E-state index is -0.0195. The molecule has 1 aliphatic rings. The van der Waals surface area contributed by atoms with E-state index >= 15 is 0 Å². The number of hydrogen-bond acceptors (Lipinski definition) is 1. The monoisotopic (exact) mass is 496 g/mol. The van der Waals surface area contributed by atoms with Crippen LogP contribution in [0.2, 0.25) is 0 Å². The number of allylic oxidation sites excluding steroid dienone is 3. The Kier molecular flexibility index (Phi) is 6.59. The molecule has 2 heterocycles. The van der Waals surface area contributed by atoms with Gasteiger partial charge < -0.3 is 9.47 Å². The number of aromatic nitrogens is 1. The summed E-state index contributed by atoms with van der Waals surface area (Å²) in [5.74, 6) is 0. The Balaban J connectivity index is 0.000000159. The van der Waals surface area contributed by atoms with E-state index < -0.39 is 0 Å². The summed E-state index contributed by atoms with van der Waals surface area (Å²) in [7, 11) is 2.08. The highest BCUT2D eigenvalue weighted by Gasteiger charge is 2.34. The van der Waals surface area contributed by atoms with E-state index in [1.807, 2.05) is 12.2 Å². The van der Waals surface area contributed by atoms with Crippen molar-refractivity contribution >= 4 is 27.5 Å². The molecule has 0 saturated carbocycles. The van der Waals surface area contributed by atoms with Gasteiger partial charge in [0.25, 0.3) is 0 Å². The lowest BCUT2D eigenvalue weighted by atomic mass is 9.73. The molecule has 5 aromatic rings. The van der Waals surface area contributed by atoms with Gasteiger partial charge in [-0.3, -0.25) is 0 Å². The summed E-state index contributed by atoms with van der Waals surface area (Å²) in [4.78, 5) is 2.19. The van der Waals surface area contributed by atoms with Crippen molar-refractivity contribution in [2.24, 2.45) is 0 Å². The lowest BCUT2D eigenvalue weighted by Gasteiger charge is -2.40. The van der Waals surface area contributed by atoms with Crippen LogP contribution in [0.5, 0.6) is 0 Å². The van der Waals surface area contributed by atoms with Crippen LogP contribution in [-0.2, 0) is 5.41 Å². The first-order valence-electron chi connectivity index (χ1n) is 13.2. The smallest absolute Gasteiger partial charge is 0.0541 e. The van der Waals surface area contributed by atoms with Gasteiger partial charge in [-0.25, -0.2) is 0 Å². The normalized spacial score (nSPS) is 14.2. The quantitative estimate of drug-likeness (QED) is 0.241. The van der Waals surface area contributed by atoms with Gasteiger partial charge >= 0.3 is 0 Å². The van der Waals surface area contributed by atoms with E-state index in [9.17, 15) is 0 Å². The Morgan fingerprint density at radius 3 is 1.79 bits per heavy atom. The van der Waals surface area contributed by atoms with Gasteiger partial charge in [-0.1, -0.05) is 92.7 Å². The van der Waals surface area contributed by atoms with Gasteiger partial charge in [-0.2, -0.15) is 0 Å². The molecule has 0 aliphatic carbocycles. The van der Waals surface area contributed by atoms with Crippen LogP contribution in [-0.4, -0.2) is 11.6 Å². The van der Waals surface area contributed by atoms with E-state index in [-0.39, 0.29) is 5.41 Å². The highest BCUT2D eigenvalue weighted by molar-refractivity contribution is 6.09. The van der Waals surface area contributed by atoms with Crippen LogP contribution in [0, 0.1) is 13.8 Å². The van der Waals surface area contributed by atoms with Crippen LogP contribution in [0.25, 0.3) is 27.5 Å². The second kappa shape index (κ2) is 9.87. The van der Waals surface area contributed by atoms with Gasteiger partial charge in [-0.05, 0) is 73.5 Å². The fraction of sp³-hybridized carbons (Fsp3) is 0.167. The number of anilines is 1.